The lowest BCUT2D eigenvalue weighted by atomic mass is 9.86. The molecule has 1 N–H and O–H groups in total. The summed E-state index contributed by atoms with van der Waals surface area (Å²) in [4.78, 5) is 43.9. The molecular formula is C53H61NO11. The fourth-order valence-electron chi connectivity index (χ4n) is 9.13. The predicted octanol–water partition coefficient (Wildman–Crippen LogP) is 8.93. The van der Waals surface area contributed by atoms with Gasteiger partial charge < -0.3 is 37.9 Å². The van der Waals surface area contributed by atoms with E-state index in [4.69, 9.17) is 32.8 Å². The molecule has 0 unspecified atom stereocenters. The van der Waals surface area contributed by atoms with Gasteiger partial charge in [0, 0.05) is 25.7 Å². The lowest BCUT2D eigenvalue weighted by Gasteiger charge is -2.45. The van der Waals surface area contributed by atoms with Crippen molar-refractivity contribution in [3.05, 3.63) is 155 Å². The lowest BCUT2D eigenvalue weighted by molar-refractivity contribution is -0.319. The number of ether oxygens (including phenoxy) is 6. The topological polar surface area (TPSA) is 143 Å². The van der Waals surface area contributed by atoms with Crippen molar-refractivity contribution < 1.29 is 52.3 Å². The van der Waals surface area contributed by atoms with Crippen molar-refractivity contribution in [1.82, 2.24) is 4.90 Å². The van der Waals surface area contributed by atoms with Crippen LogP contribution < -0.4 is 0 Å². The molecule has 0 spiro atoms. The van der Waals surface area contributed by atoms with E-state index in [9.17, 15) is 19.5 Å². The molecule has 4 aromatic carbocycles. The van der Waals surface area contributed by atoms with E-state index in [0.29, 0.717) is 24.2 Å². The second-order valence-corrected chi connectivity index (χ2v) is 17.7. The summed E-state index contributed by atoms with van der Waals surface area (Å²) in [7, 11) is 1.52. The van der Waals surface area contributed by atoms with Gasteiger partial charge in [-0.3, -0.25) is 9.59 Å². The maximum absolute atomic E-state index is 14.8. The highest BCUT2D eigenvalue weighted by molar-refractivity contribution is 6.12. The van der Waals surface area contributed by atoms with Crippen LogP contribution in [0.2, 0.25) is 0 Å². The van der Waals surface area contributed by atoms with Gasteiger partial charge in [-0.05, 0) is 67.9 Å². The maximum Gasteiger partial charge on any atom is 0.417 e. The molecule has 12 nitrogen and oxygen atoms in total. The molecule has 3 heterocycles. The summed E-state index contributed by atoms with van der Waals surface area (Å²) < 4.78 is 44.0. The van der Waals surface area contributed by atoms with Crippen LogP contribution in [-0.2, 0) is 59.3 Å². The van der Waals surface area contributed by atoms with Crippen LogP contribution in [0.1, 0.15) is 72.7 Å². The molecule has 7 atom stereocenters. The zero-order chi connectivity index (χ0) is 46.1. The van der Waals surface area contributed by atoms with E-state index in [2.05, 4.69) is 0 Å². The highest BCUT2D eigenvalue weighted by Gasteiger charge is 2.54. The Balaban J connectivity index is 1.15. The van der Waals surface area contributed by atoms with Gasteiger partial charge in [0.1, 0.15) is 41.7 Å². The van der Waals surface area contributed by atoms with Gasteiger partial charge in [-0.1, -0.05) is 135 Å². The number of carbonyl (C=O) groups is 3. The number of aryl methyl sites for hydroxylation is 2. The number of aliphatic hydroxyl groups excluding tert-OH is 1. The van der Waals surface area contributed by atoms with Crippen molar-refractivity contribution >= 4 is 17.8 Å². The molecule has 7 rings (SSSR count). The van der Waals surface area contributed by atoms with Crippen LogP contribution in [0, 0.1) is 18.8 Å². The lowest BCUT2D eigenvalue weighted by Crippen LogP contribution is -2.61. The average Bonchev–Trinajstić information content (AvgIpc) is 3.85. The number of Topliss-reactive ketones (excluding diaryl/α,β-unsaturated/α-hetero) is 1. The molecule has 2 fully saturated rings. The number of furan rings is 1. The summed E-state index contributed by atoms with van der Waals surface area (Å²) in [5, 5.41) is 10.5. The van der Waals surface area contributed by atoms with E-state index in [0.717, 1.165) is 32.7 Å². The molecule has 0 saturated carbocycles. The van der Waals surface area contributed by atoms with Crippen molar-refractivity contribution in [2.45, 2.75) is 109 Å². The second-order valence-electron chi connectivity index (χ2n) is 17.7. The fraction of sp³-hybridized carbons (Fsp3) is 0.415. The Hall–Kier alpha value is -5.47. The van der Waals surface area contributed by atoms with E-state index in [-0.39, 0.29) is 44.5 Å². The average molecular weight is 888 g/mol. The SMILES string of the molecule is CO[C@H]1O[C@H](CO)[C@@H](OCc2ccccc2)[C@H](OCc2ccccc2)[C@@H]1OCCCc1oc(C(=O)[C@@H](Cc2ccccc2)C(=O)N2C(=O)OC(C)(C)[C@@H]2C(C)C)cc1-c1cccc(C)c1. The molecule has 0 bridgehead atoms. The Labute approximate surface area is 381 Å². The number of amides is 2. The van der Waals surface area contributed by atoms with Crippen LogP contribution in [0.15, 0.2) is 126 Å². The summed E-state index contributed by atoms with van der Waals surface area (Å²) in [6.45, 7) is 9.83. The first-order valence-electron chi connectivity index (χ1n) is 22.4. The van der Waals surface area contributed by atoms with Crippen LogP contribution in [-0.4, -0.2) is 90.5 Å². The molecule has 0 radical (unpaired) electrons. The first-order valence-corrected chi connectivity index (χ1v) is 22.4. The number of hydrogen-bond donors (Lipinski definition) is 1. The van der Waals surface area contributed by atoms with Crippen molar-refractivity contribution in [2.75, 3.05) is 20.3 Å². The minimum atomic E-state index is -1.27. The van der Waals surface area contributed by atoms with Crippen LogP contribution in [0.3, 0.4) is 0 Å². The summed E-state index contributed by atoms with van der Waals surface area (Å²) in [6.07, 6.45) is -3.68. The van der Waals surface area contributed by atoms with Crippen LogP contribution in [0.5, 0.6) is 0 Å². The Morgan fingerprint density at radius 3 is 1.98 bits per heavy atom. The molecule has 1 aromatic heterocycles. The Morgan fingerprint density at radius 1 is 0.785 bits per heavy atom. The molecule has 5 aromatic rings. The van der Waals surface area contributed by atoms with Gasteiger partial charge in [0.25, 0.3) is 0 Å². The normalized spacial score (nSPS) is 22.2. The van der Waals surface area contributed by atoms with Gasteiger partial charge in [0.15, 0.2) is 12.1 Å². The summed E-state index contributed by atoms with van der Waals surface area (Å²) >= 11 is 0. The van der Waals surface area contributed by atoms with E-state index >= 15 is 0 Å². The minimum absolute atomic E-state index is 0.0163. The van der Waals surface area contributed by atoms with E-state index in [1.165, 1.54) is 7.11 Å². The Kier molecular flexibility index (Phi) is 15.8. The first kappa shape index (κ1) is 47.5. The number of hydrogen-bond acceptors (Lipinski definition) is 11. The van der Waals surface area contributed by atoms with Gasteiger partial charge in [-0.25, -0.2) is 9.69 Å². The number of rotatable bonds is 20. The molecule has 12 heteroatoms. The molecule has 2 saturated heterocycles. The summed E-state index contributed by atoms with van der Waals surface area (Å²) in [5.74, 6) is -2.00. The highest BCUT2D eigenvalue weighted by atomic mass is 16.7. The maximum atomic E-state index is 14.8. The number of benzene rings is 4. The van der Waals surface area contributed by atoms with Gasteiger partial charge in [0.2, 0.25) is 11.7 Å². The van der Waals surface area contributed by atoms with Crippen LogP contribution in [0.25, 0.3) is 11.1 Å². The van der Waals surface area contributed by atoms with E-state index in [1.54, 1.807) is 19.9 Å². The number of ketones is 1. The van der Waals surface area contributed by atoms with Gasteiger partial charge in [0.05, 0.1) is 25.9 Å². The highest BCUT2D eigenvalue weighted by Crippen LogP contribution is 2.37. The molecule has 2 amide bonds. The van der Waals surface area contributed by atoms with Crippen LogP contribution in [0.4, 0.5) is 4.79 Å². The van der Waals surface area contributed by atoms with Gasteiger partial charge in [-0.2, -0.15) is 0 Å². The van der Waals surface area contributed by atoms with E-state index < -0.39 is 66.1 Å². The third-order valence-electron chi connectivity index (χ3n) is 12.1. The quantitative estimate of drug-likeness (QED) is 0.0455. The molecular weight excluding hydrogens is 827 g/mol. The number of cyclic esters (lactones) is 1. The van der Waals surface area contributed by atoms with Crippen molar-refractivity contribution in [2.24, 2.45) is 11.8 Å². The largest absolute Gasteiger partial charge is 0.457 e. The first-order chi connectivity index (χ1) is 31.4. The monoisotopic (exact) mass is 887 g/mol. The number of imide groups is 1. The Morgan fingerprint density at radius 2 is 1.40 bits per heavy atom. The zero-order valence-corrected chi connectivity index (χ0v) is 38.1. The molecule has 65 heavy (non-hydrogen) atoms. The van der Waals surface area contributed by atoms with Crippen molar-refractivity contribution in [1.29, 1.82) is 0 Å². The Bertz CT molecular complexity index is 2330. The second kappa shape index (κ2) is 21.7. The summed E-state index contributed by atoms with van der Waals surface area (Å²) in [6, 6.07) is 37.9. The third kappa shape index (κ3) is 11.3. The number of methoxy groups -OCH3 is 1. The summed E-state index contributed by atoms with van der Waals surface area (Å²) in [5.41, 5.74) is 4.31. The smallest absolute Gasteiger partial charge is 0.417 e. The predicted molar refractivity (Wildman–Crippen MR) is 244 cm³/mol. The molecule has 0 aliphatic carbocycles. The number of aliphatic hydroxyl groups is 1. The number of carbonyl (C=O) groups excluding carboxylic acids is 3. The number of nitrogens with zero attached hydrogens (tertiary/aromatic N) is 1. The standard InChI is InChI=1S/C53H61NO11/c1-34(2)49-53(4,5)65-52(58)54(49)50(57)41(29-36-19-10-7-11-20-36)45(56)43-30-40(39-25-16-18-35(3)28-39)42(63-43)26-17-27-60-48-47(62-33-38-23-14-9-15-24-38)46(44(31-55)64-51(48)59-6)61-32-37-21-12-8-13-22-37/h7-16,18-25,28,30,34,41,44,46-49,51,55H,17,26-27,29,31-33H2,1-6H3/t41-,44-,46-,47+,48+,49+,51+/m1/s1. The third-order valence-corrected chi connectivity index (χ3v) is 12.1. The molecule has 344 valence electrons. The fourth-order valence-corrected chi connectivity index (χ4v) is 9.13. The zero-order valence-electron chi connectivity index (χ0n) is 38.1. The molecule has 2 aliphatic rings. The van der Waals surface area contributed by atoms with Crippen molar-refractivity contribution in [3.8, 4) is 11.1 Å². The minimum Gasteiger partial charge on any atom is -0.457 e. The van der Waals surface area contributed by atoms with Crippen molar-refractivity contribution in [3.63, 3.8) is 0 Å². The van der Waals surface area contributed by atoms with Gasteiger partial charge >= 0.3 is 6.09 Å². The molecule has 2 aliphatic heterocycles. The van der Waals surface area contributed by atoms with E-state index in [1.807, 2.05) is 136 Å². The van der Waals surface area contributed by atoms with Gasteiger partial charge in [-0.15, -0.1) is 0 Å². The van der Waals surface area contributed by atoms with Crippen LogP contribution >= 0.6 is 0 Å².